The van der Waals surface area contributed by atoms with Crippen molar-refractivity contribution in [2.75, 3.05) is 25.0 Å². The molecule has 0 spiro atoms. The molecule has 1 saturated carbocycles. The predicted octanol–water partition coefficient (Wildman–Crippen LogP) is 1.92. The maximum atomic E-state index is 12.7. The molecule has 104 valence electrons. The van der Waals surface area contributed by atoms with Gasteiger partial charge in [-0.3, -0.25) is 4.98 Å². The van der Waals surface area contributed by atoms with Gasteiger partial charge in [-0.1, -0.05) is 0 Å². The van der Waals surface area contributed by atoms with E-state index in [1.54, 1.807) is 6.20 Å². The molecule has 2 fully saturated rings. The summed E-state index contributed by atoms with van der Waals surface area (Å²) in [5.74, 6) is 0.790. The van der Waals surface area contributed by atoms with E-state index in [1.165, 1.54) is 6.20 Å². The summed E-state index contributed by atoms with van der Waals surface area (Å²) in [5.41, 5.74) is -0.660. The smallest absolute Gasteiger partial charge is 0.368 e. The van der Waals surface area contributed by atoms with Gasteiger partial charge in [-0.05, 0) is 12.8 Å². The van der Waals surface area contributed by atoms with Gasteiger partial charge in [-0.2, -0.15) is 13.2 Å². The fourth-order valence-electron chi connectivity index (χ4n) is 2.11. The van der Waals surface area contributed by atoms with Crippen LogP contribution in [-0.4, -0.2) is 35.8 Å². The van der Waals surface area contributed by atoms with Crippen molar-refractivity contribution in [3.8, 4) is 0 Å². The highest BCUT2D eigenvalue weighted by atomic mass is 19.4. The van der Waals surface area contributed by atoms with Crippen molar-refractivity contribution in [3.05, 3.63) is 18.1 Å². The fourth-order valence-corrected chi connectivity index (χ4v) is 2.11. The number of halogens is 3. The highest BCUT2D eigenvalue weighted by Gasteiger charge is 2.62. The molecule has 1 aromatic rings. The molecule has 3 rings (SSSR count). The van der Waals surface area contributed by atoms with E-state index >= 15 is 0 Å². The topological polar surface area (TPSA) is 49.8 Å². The number of anilines is 1. The lowest BCUT2D eigenvalue weighted by Gasteiger charge is -2.26. The van der Waals surface area contributed by atoms with Gasteiger partial charge in [0.1, 0.15) is 5.82 Å². The summed E-state index contributed by atoms with van der Waals surface area (Å²) in [6.45, 7) is 1.66. The Morgan fingerprint density at radius 3 is 2.42 bits per heavy atom. The average Bonchev–Trinajstić information content (AvgIpc) is 3.06. The molecule has 2 aliphatic rings. The fraction of sp³-hybridized carbons (Fsp3) is 0.667. The Balaban J connectivity index is 1.58. The van der Waals surface area contributed by atoms with Crippen LogP contribution in [-0.2, 0) is 0 Å². The van der Waals surface area contributed by atoms with E-state index in [0.717, 1.165) is 18.8 Å². The van der Waals surface area contributed by atoms with Crippen molar-refractivity contribution in [2.24, 2.45) is 5.41 Å². The van der Waals surface area contributed by atoms with Crippen LogP contribution in [0.25, 0.3) is 0 Å². The van der Waals surface area contributed by atoms with Crippen LogP contribution in [0.3, 0.4) is 0 Å². The van der Waals surface area contributed by atoms with Crippen molar-refractivity contribution in [3.63, 3.8) is 0 Å². The molecular formula is C12H15F3N4. The van der Waals surface area contributed by atoms with Gasteiger partial charge in [-0.25, -0.2) is 4.98 Å². The lowest BCUT2D eigenvalue weighted by atomic mass is 10.0. The molecule has 1 aliphatic heterocycles. The first-order valence-corrected chi connectivity index (χ1v) is 6.33. The Kier molecular flexibility index (Phi) is 2.88. The van der Waals surface area contributed by atoms with Gasteiger partial charge < -0.3 is 10.6 Å². The number of nitrogens with one attached hydrogen (secondary N) is 2. The Morgan fingerprint density at radius 1 is 1.26 bits per heavy atom. The van der Waals surface area contributed by atoms with E-state index in [1.807, 2.05) is 0 Å². The number of aromatic nitrogens is 2. The summed E-state index contributed by atoms with van der Waals surface area (Å²) in [7, 11) is 0. The first-order valence-electron chi connectivity index (χ1n) is 6.33. The summed E-state index contributed by atoms with van der Waals surface area (Å²) in [5, 5.41) is 5.88. The van der Waals surface area contributed by atoms with E-state index in [-0.39, 0.29) is 19.4 Å². The zero-order valence-electron chi connectivity index (χ0n) is 10.3. The molecule has 0 radical (unpaired) electrons. The first kappa shape index (κ1) is 12.7. The second kappa shape index (κ2) is 4.33. The lowest BCUT2D eigenvalue weighted by Crippen LogP contribution is -2.40. The number of rotatable bonds is 4. The molecule has 19 heavy (non-hydrogen) atoms. The molecule has 2 N–H and O–H groups in total. The van der Waals surface area contributed by atoms with Crippen molar-refractivity contribution >= 4 is 5.82 Å². The van der Waals surface area contributed by atoms with Gasteiger partial charge >= 0.3 is 6.18 Å². The van der Waals surface area contributed by atoms with E-state index in [2.05, 4.69) is 20.6 Å². The summed E-state index contributed by atoms with van der Waals surface area (Å²) >= 11 is 0. The van der Waals surface area contributed by atoms with Crippen LogP contribution in [0.1, 0.15) is 24.5 Å². The molecule has 0 aromatic carbocycles. The molecule has 7 heteroatoms. The highest BCUT2D eigenvalue weighted by Crippen LogP contribution is 2.57. The first-order chi connectivity index (χ1) is 9.00. The molecule has 0 unspecified atom stereocenters. The minimum atomic E-state index is -4.13. The third kappa shape index (κ3) is 2.39. The Labute approximate surface area is 108 Å². The minimum Gasteiger partial charge on any atom is -0.368 e. The Bertz CT molecular complexity index is 449. The van der Waals surface area contributed by atoms with Crippen molar-refractivity contribution in [1.29, 1.82) is 0 Å². The van der Waals surface area contributed by atoms with E-state index < -0.39 is 11.6 Å². The maximum Gasteiger partial charge on any atom is 0.396 e. The predicted molar refractivity (Wildman–Crippen MR) is 63.9 cm³/mol. The van der Waals surface area contributed by atoms with Gasteiger partial charge in [0.15, 0.2) is 0 Å². The molecule has 2 heterocycles. The maximum absolute atomic E-state index is 12.7. The third-order valence-electron chi connectivity index (χ3n) is 3.93. The molecule has 1 aromatic heterocycles. The zero-order chi connectivity index (χ0) is 13.5. The third-order valence-corrected chi connectivity index (χ3v) is 3.93. The van der Waals surface area contributed by atoms with E-state index in [0.29, 0.717) is 11.7 Å². The van der Waals surface area contributed by atoms with E-state index in [4.69, 9.17) is 0 Å². The average molecular weight is 272 g/mol. The van der Waals surface area contributed by atoms with Crippen LogP contribution < -0.4 is 10.6 Å². The summed E-state index contributed by atoms with van der Waals surface area (Å²) in [6.07, 6.45) is -0.586. The lowest BCUT2D eigenvalue weighted by molar-refractivity contribution is -0.182. The zero-order valence-corrected chi connectivity index (χ0v) is 10.3. The molecule has 0 atom stereocenters. The molecule has 4 nitrogen and oxygen atoms in total. The summed E-state index contributed by atoms with van der Waals surface area (Å²) in [6, 6.07) is 0. The molecule has 0 bridgehead atoms. The standard InChI is InChI=1S/C12H15F3N4/c13-12(14,15)11(1-2-11)7-19-10-6-17-9(5-18-10)8-3-16-4-8/h5-6,8,16H,1-4,7H2,(H,18,19). The number of hydrogen-bond acceptors (Lipinski definition) is 4. The second-order valence-corrected chi connectivity index (χ2v) is 5.31. The van der Waals surface area contributed by atoms with Crippen LogP contribution in [0.2, 0.25) is 0 Å². The molecule has 0 amide bonds. The highest BCUT2D eigenvalue weighted by molar-refractivity contribution is 5.33. The number of nitrogens with zero attached hydrogens (tertiary/aromatic N) is 2. The summed E-state index contributed by atoms with van der Waals surface area (Å²) in [4.78, 5) is 8.36. The van der Waals surface area contributed by atoms with Gasteiger partial charge in [-0.15, -0.1) is 0 Å². The van der Waals surface area contributed by atoms with Gasteiger partial charge in [0.25, 0.3) is 0 Å². The van der Waals surface area contributed by atoms with Crippen molar-refractivity contribution in [2.45, 2.75) is 24.9 Å². The van der Waals surface area contributed by atoms with Gasteiger partial charge in [0, 0.05) is 25.6 Å². The number of hydrogen-bond donors (Lipinski definition) is 2. The Hall–Kier alpha value is -1.37. The summed E-state index contributed by atoms with van der Waals surface area (Å²) < 4.78 is 38.2. The second-order valence-electron chi connectivity index (χ2n) is 5.31. The largest absolute Gasteiger partial charge is 0.396 e. The molecular weight excluding hydrogens is 257 g/mol. The molecule has 1 aliphatic carbocycles. The van der Waals surface area contributed by atoms with Crippen molar-refractivity contribution in [1.82, 2.24) is 15.3 Å². The Morgan fingerprint density at radius 2 is 2.00 bits per heavy atom. The van der Waals surface area contributed by atoms with Crippen LogP contribution in [0.15, 0.2) is 12.4 Å². The molecule has 1 saturated heterocycles. The van der Waals surface area contributed by atoms with Gasteiger partial charge in [0.05, 0.1) is 23.5 Å². The minimum absolute atomic E-state index is 0.116. The van der Waals surface area contributed by atoms with Crippen LogP contribution in [0, 0.1) is 5.41 Å². The van der Waals surface area contributed by atoms with Gasteiger partial charge in [0.2, 0.25) is 0 Å². The van der Waals surface area contributed by atoms with Crippen molar-refractivity contribution < 1.29 is 13.2 Å². The quantitative estimate of drug-likeness (QED) is 0.879. The van der Waals surface area contributed by atoms with Crippen LogP contribution in [0.5, 0.6) is 0 Å². The van der Waals surface area contributed by atoms with Crippen LogP contribution >= 0.6 is 0 Å². The SMILES string of the molecule is FC(F)(F)C1(CNc2cnc(C3CNC3)cn2)CC1. The van der Waals surface area contributed by atoms with E-state index in [9.17, 15) is 13.2 Å². The monoisotopic (exact) mass is 272 g/mol. The van der Waals surface area contributed by atoms with Crippen LogP contribution in [0.4, 0.5) is 19.0 Å². The number of alkyl halides is 3. The normalized spacial score (nSPS) is 21.8.